The molecule has 0 saturated carbocycles. The summed E-state index contributed by atoms with van der Waals surface area (Å²) in [6.07, 6.45) is 0. The summed E-state index contributed by atoms with van der Waals surface area (Å²) >= 11 is 2.95. The molecular weight excluding hydrogens is 390 g/mol. The number of methoxy groups -OCH3 is 1. The Morgan fingerprint density at radius 3 is 2.61 bits per heavy atom. The van der Waals surface area contributed by atoms with Crippen LogP contribution in [0.15, 0.2) is 71.4 Å². The van der Waals surface area contributed by atoms with E-state index in [4.69, 9.17) is 4.74 Å². The molecule has 0 radical (unpaired) electrons. The highest BCUT2D eigenvalue weighted by Crippen LogP contribution is 2.29. The van der Waals surface area contributed by atoms with E-state index in [1.165, 1.54) is 22.7 Å². The zero-order chi connectivity index (χ0) is 19.3. The molecule has 2 aromatic heterocycles. The van der Waals surface area contributed by atoms with E-state index >= 15 is 0 Å². The first kappa shape index (κ1) is 18.2. The van der Waals surface area contributed by atoms with Gasteiger partial charge in [0.2, 0.25) is 0 Å². The van der Waals surface area contributed by atoms with Crippen LogP contribution in [0.3, 0.4) is 0 Å². The molecule has 28 heavy (non-hydrogen) atoms. The third kappa shape index (κ3) is 4.21. The highest BCUT2D eigenvalue weighted by Gasteiger charge is 2.09. The number of hydrogen-bond donors (Lipinski definition) is 2. The van der Waals surface area contributed by atoms with Gasteiger partial charge in [-0.2, -0.15) is 0 Å². The smallest absolute Gasteiger partial charge is 0.265 e. The fourth-order valence-corrected chi connectivity index (χ4v) is 3.98. The molecule has 0 aliphatic heterocycles. The van der Waals surface area contributed by atoms with E-state index < -0.39 is 0 Å². The number of carbonyl (C=O) groups excluding carboxylic acids is 1. The summed E-state index contributed by atoms with van der Waals surface area (Å²) in [5.41, 5.74) is 3.49. The maximum atomic E-state index is 12.2. The minimum absolute atomic E-state index is 0.104. The highest BCUT2D eigenvalue weighted by atomic mass is 32.1. The SMILES string of the molecule is COc1ccc(Nc2nc(-c3cccc(NC(=O)c4cccs4)c3)cs2)cc1. The molecule has 0 aliphatic carbocycles. The van der Waals surface area contributed by atoms with Crippen molar-refractivity contribution in [1.29, 1.82) is 0 Å². The van der Waals surface area contributed by atoms with E-state index in [1.807, 2.05) is 65.4 Å². The monoisotopic (exact) mass is 407 g/mol. The van der Waals surface area contributed by atoms with E-state index in [1.54, 1.807) is 13.2 Å². The number of aromatic nitrogens is 1. The molecule has 2 N–H and O–H groups in total. The largest absolute Gasteiger partial charge is 0.497 e. The number of anilines is 3. The zero-order valence-electron chi connectivity index (χ0n) is 15.0. The fourth-order valence-electron chi connectivity index (χ4n) is 2.62. The summed E-state index contributed by atoms with van der Waals surface area (Å²) in [5, 5.41) is 10.9. The molecule has 0 bridgehead atoms. The van der Waals surface area contributed by atoms with Gasteiger partial charge >= 0.3 is 0 Å². The predicted octanol–water partition coefficient (Wildman–Crippen LogP) is 5.88. The van der Waals surface area contributed by atoms with Crippen molar-refractivity contribution in [1.82, 2.24) is 4.98 Å². The molecule has 0 fully saturated rings. The number of benzene rings is 2. The summed E-state index contributed by atoms with van der Waals surface area (Å²) in [4.78, 5) is 17.6. The van der Waals surface area contributed by atoms with Gasteiger partial charge in [-0.3, -0.25) is 4.79 Å². The van der Waals surface area contributed by atoms with Crippen molar-refractivity contribution in [2.24, 2.45) is 0 Å². The normalized spacial score (nSPS) is 10.5. The van der Waals surface area contributed by atoms with Crippen molar-refractivity contribution in [3.05, 3.63) is 76.3 Å². The van der Waals surface area contributed by atoms with Crippen LogP contribution in [-0.2, 0) is 0 Å². The standard InChI is InChI=1S/C21H17N3O2S2/c1-26-17-9-7-15(8-10-17)23-21-24-18(13-28-21)14-4-2-5-16(12-14)22-20(25)19-6-3-11-27-19/h2-13H,1H3,(H,22,25)(H,23,24). The van der Waals surface area contributed by atoms with Crippen LogP contribution >= 0.6 is 22.7 Å². The number of carbonyl (C=O) groups is 1. The van der Waals surface area contributed by atoms with Gasteiger partial charge in [-0.15, -0.1) is 22.7 Å². The van der Waals surface area contributed by atoms with Crippen LogP contribution in [0.25, 0.3) is 11.3 Å². The van der Waals surface area contributed by atoms with E-state index in [-0.39, 0.29) is 5.91 Å². The number of thiazole rings is 1. The summed E-state index contributed by atoms with van der Waals surface area (Å²) in [6, 6.07) is 19.1. The Morgan fingerprint density at radius 1 is 1.00 bits per heavy atom. The van der Waals surface area contributed by atoms with Crippen molar-refractivity contribution >= 4 is 45.1 Å². The second-order valence-electron chi connectivity index (χ2n) is 5.90. The van der Waals surface area contributed by atoms with Gasteiger partial charge in [0.05, 0.1) is 17.7 Å². The Hall–Kier alpha value is -3.16. The van der Waals surface area contributed by atoms with Crippen LogP contribution in [0, 0.1) is 0 Å². The molecule has 0 atom stereocenters. The first-order chi connectivity index (χ1) is 13.7. The van der Waals surface area contributed by atoms with Gasteiger partial charge in [0, 0.05) is 22.3 Å². The molecule has 4 aromatic rings. The lowest BCUT2D eigenvalue weighted by molar-refractivity contribution is 0.103. The molecule has 2 heterocycles. The fraction of sp³-hybridized carbons (Fsp3) is 0.0476. The van der Waals surface area contributed by atoms with E-state index in [2.05, 4.69) is 15.6 Å². The number of thiophene rings is 1. The summed E-state index contributed by atoms with van der Waals surface area (Å²) in [7, 11) is 1.65. The first-order valence-electron chi connectivity index (χ1n) is 8.53. The minimum atomic E-state index is -0.104. The lowest BCUT2D eigenvalue weighted by Gasteiger charge is -2.06. The molecule has 2 aromatic carbocycles. The summed E-state index contributed by atoms with van der Waals surface area (Å²) in [5.74, 6) is 0.707. The van der Waals surface area contributed by atoms with Gasteiger partial charge < -0.3 is 15.4 Å². The molecule has 140 valence electrons. The van der Waals surface area contributed by atoms with Crippen LogP contribution in [-0.4, -0.2) is 18.0 Å². The minimum Gasteiger partial charge on any atom is -0.497 e. The quantitative estimate of drug-likeness (QED) is 0.419. The van der Waals surface area contributed by atoms with Gasteiger partial charge in [-0.05, 0) is 47.8 Å². The predicted molar refractivity (Wildman–Crippen MR) is 116 cm³/mol. The second kappa shape index (κ2) is 8.24. The Kier molecular flexibility index (Phi) is 5.36. The number of nitrogens with zero attached hydrogens (tertiary/aromatic N) is 1. The molecule has 5 nitrogen and oxygen atoms in total. The maximum absolute atomic E-state index is 12.2. The first-order valence-corrected chi connectivity index (χ1v) is 10.3. The van der Waals surface area contributed by atoms with Crippen molar-refractivity contribution in [2.45, 2.75) is 0 Å². The Bertz CT molecular complexity index is 1070. The topological polar surface area (TPSA) is 63.2 Å². The van der Waals surface area contributed by atoms with Crippen molar-refractivity contribution in [3.8, 4) is 17.0 Å². The highest BCUT2D eigenvalue weighted by molar-refractivity contribution is 7.14. The van der Waals surface area contributed by atoms with E-state index in [9.17, 15) is 4.79 Å². The maximum Gasteiger partial charge on any atom is 0.265 e. The van der Waals surface area contributed by atoms with Crippen LogP contribution in [0.2, 0.25) is 0 Å². The summed E-state index contributed by atoms with van der Waals surface area (Å²) in [6.45, 7) is 0. The van der Waals surface area contributed by atoms with E-state index in [0.717, 1.165) is 33.5 Å². The van der Waals surface area contributed by atoms with Gasteiger partial charge in [0.25, 0.3) is 5.91 Å². The molecule has 0 aliphatic rings. The molecule has 7 heteroatoms. The number of amides is 1. The third-order valence-electron chi connectivity index (χ3n) is 4.01. The Labute approximate surface area is 170 Å². The van der Waals surface area contributed by atoms with E-state index in [0.29, 0.717) is 4.88 Å². The van der Waals surface area contributed by atoms with Crippen molar-refractivity contribution in [2.75, 3.05) is 17.7 Å². The average molecular weight is 408 g/mol. The van der Waals surface area contributed by atoms with Crippen molar-refractivity contribution in [3.63, 3.8) is 0 Å². The third-order valence-corrected chi connectivity index (χ3v) is 5.63. The molecule has 0 unspecified atom stereocenters. The second-order valence-corrected chi connectivity index (χ2v) is 7.71. The Morgan fingerprint density at radius 2 is 1.86 bits per heavy atom. The Balaban J connectivity index is 1.48. The van der Waals surface area contributed by atoms with Gasteiger partial charge in [-0.25, -0.2) is 4.98 Å². The van der Waals surface area contributed by atoms with Crippen LogP contribution in [0.5, 0.6) is 5.75 Å². The average Bonchev–Trinajstić information content (AvgIpc) is 3.41. The lowest BCUT2D eigenvalue weighted by Crippen LogP contribution is -2.09. The molecule has 0 saturated heterocycles. The zero-order valence-corrected chi connectivity index (χ0v) is 16.6. The van der Waals surface area contributed by atoms with Crippen LogP contribution < -0.4 is 15.4 Å². The molecular formula is C21H17N3O2S2. The van der Waals surface area contributed by atoms with Gasteiger partial charge in [0.15, 0.2) is 5.13 Å². The van der Waals surface area contributed by atoms with Crippen molar-refractivity contribution < 1.29 is 9.53 Å². The molecule has 0 spiro atoms. The number of hydrogen-bond acceptors (Lipinski definition) is 6. The lowest BCUT2D eigenvalue weighted by atomic mass is 10.1. The van der Waals surface area contributed by atoms with Crippen LogP contribution in [0.4, 0.5) is 16.5 Å². The van der Waals surface area contributed by atoms with Crippen LogP contribution in [0.1, 0.15) is 9.67 Å². The van der Waals surface area contributed by atoms with Gasteiger partial charge in [0.1, 0.15) is 5.75 Å². The number of ether oxygens (including phenoxy) is 1. The molecule has 4 rings (SSSR count). The molecule has 1 amide bonds. The summed E-state index contributed by atoms with van der Waals surface area (Å²) < 4.78 is 5.17. The number of rotatable bonds is 6. The van der Waals surface area contributed by atoms with Gasteiger partial charge in [-0.1, -0.05) is 18.2 Å². The number of nitrogens with one attached hydrogen (secondary N) is 2.